The van der Waals surface area contributed by atoms with Crippen molar-refractivity contribution in [3.05, 3.63) is 47.8 Å². The second kappa shape index (κ2) is 5.53. The third-order valence-corrected chi connectivity index (χ3v) is 3.34. The molecular weight excluding hydrogens is 234 g/mol. The summed E-state index contributed by atoms with van der Waals surface area (Å²) >= 11 is 0. The first-order chi connectivity index (χ1) is 9.19. The molecule has 0 unspecified atom stereocenters. The summed E-state index contributed by atoms with van der Waals surface area (Å²) in [6, 6.07) is 8.29. The average Bonchev–Trinajstić information content (AvgIpc) is 2.71. The molecule has 1 N–H and O–H groups in total. The molecule has 0 spiro atoms. The number of allylic oxidation sites excluding steroid dienone is 3. The minimum Gasteiger partial charge on any atom is -0.386 e. The fraction of sp³-hybridized carbons (Fsp3) is 0.250. The van der Waals surface area contributed by atoms with E-state index in [1.165, 1.54) is 11.4 Å². The van der Waals surface area contributed by atoms with E-state index in [4.69, 9.17) is 6.42 Å². The van der Waals surface area contributed by atoms with Crippen LogP contribution in [-0.4, -0.2) is 25.7 Å². The molecule has 0 saturated heterocycles. The smallest absolute Gasteiger partial charge is 0.0947 e. The van der Waals surface area contributed by atoms with Gasteiger partial charge in [0.05, 0.1) is 23.7 Å². The highest BCUT2D eigenvalue weighted by Crippen LogP contribution is 2.33. The molecule has 0 bridgehead atoms. The van der Waals surface area contributed by atoms with Crippen LogP contribution in [0.25, 0.3) is 0 Å². The zero-order chi connectivity index (χ0) is 13.8. The Kier molecular flexibility index (Phi) is 3.82. The van der Waals surface area contributed by atoms with Gasteiger partial charge in [-0.15, -0.1) is 6.42 Å². The molecule has 0 aromatic heterocycles. The number of terminal acetylenes is 1. The Hall–Kier alpha value is -2.34. The number of hydrogen-bond donors (Lipinski definition) is 1. The average molecular weight is 253 g/mol. The van der Waals surface area contributed by atoms with E-state index in [2.05, 4.69) is 53.2 Å². The number of rotatable bonds is 3. The number of hydrogen-bond acceptors (Lipinski definition) is 3. The van der Waals surface area contributed by atoms with Crippen molar-refractivity contribution < 1.29 is 0 Å². The Balaban J connectivity index is 2.40. The highest BCUT2D eigenvalue weighted by atomic mass is 15.4. The lowest BCUT2D eigenvalue weighted by Gasteiger charge is -2.23. The predicted octanol–water partition coefficient (Wildman–Crippen LogP) is 2.86. The van der Waals surface area contributed by atoms with Crippen molar-refractivity contribution in [1.29, 1.82) is 0 Å². The number of nitrogens with one attached hydrogen (secondary N) is 1. The van der Waals surface area contributed by atoms with Gasteiger partial charge in [0.25, 0.3) is 0 Å². The summed E-state index contributed by atoms with van der Waals surface area (Å²) in [5.41, 5.74) is 4.66. The molecule has 0 amide bonds. The summed E-state index contributed by atoms with van der Waals surface area (Å²) in [5.74, 6) is 2.54. The van der Waals surface area contributed by atoms with Crippen molar-refractivity contribution in [3.8, 4) is 12.3 Å². The van der Waals surface area contributed by atoms with Crippen molar-refractivity contribution in [2.75, 3.05) is 31.0 Å². The molecule has 2 rings (SSSR count). The van der Waals surface area contributed by atoms with Crippen LogP contribution in [0.2, 0.25) is 0 Å². The minimum absolute atomic E-state index is 0.828. The van der Waals surface area contributed by atoms with Crippen LogP contribution in [0.4, 0.5) is 11.4 Å². The second-order valence-electron chi connectivity index (χ2n) is 4.51. The van der Waals surface area contributed by atoms with Crippen LogP contribution >= 0.6 is 0 Å². The zero-order valence-corrected chi connectivity index (χ0v) is 11.6. The van der Waals surface area contributed by atoms with Crippen LogP contribution in [0, 0.1) is 12.3 Å². The van der Waals surface area contributed by atoms with E-state index in [-0.39, 0.29) is 0 Å². The van der Waals surface area contributed by atoms with Crippen LogP contribution in [0.15, 0.2) is 47.8 Å². The van der Waals surface area contributed by atoms with Crippen LogP contribution < -0.4 is 10.2 Å². The Bertz CT molecular complexity index is 564. The van der Waals surface area contributed by atoms with Gasteiger partial charge in [0.15, 0.2) is 0 Å². The highest BCUT2D eigenvalue weighted by Gasteiger charge is 2.24. The Labute approximate surface area is 115 Å². The minimum atomic E-state index is 0.828. The molecular formula is C16H19N3. The molecule has 1 heterocycles. The molecule has 19 heavy (non-hydrogen) atoms. The predicted molar refractivity (Wildman–Crippen MR) is 81.8 cm³/mol. The van der Waals surface area contributed by atoms with Gasteiger partial charge in [-0.25, -0.2) is 0 Å². The van der Waals surface area contributed by atoms with Crippen molar-refractivity contribution >= 4 is 11.4 Å². The van der Waals surface area contributed by atoms with Gasteiger partial charge >= 0.3 is 0 Å². The number of likely N-dealkylation sites (N-methyl/N-ethyl adjacent to an activating group) is 1. The van der Waals surface area contributed by atoms with E-state index in [1.54, 1.807) is 6.08 Å². The molecule has 0 fully saturated rings. The largest absolute Gasteiger partial charge is 0.386 e. The standard InChI is InChI=1S/C16H19N3/c1-5-6-10-15-13(2)19(12-18(15)4)16-11-8-7-9-14(16)17-3/h1,6-11,17H,12H2,2-4H3/b10-6-. The Morgan fingerprint density at radius 3 is 2.79 bits per heavy atom. The van der Waals surface area contributed by atoms with E-state index < -0.39 is 0 Å². The molecule has 0 saturated carbocycles. The van der Waals surface area contributed by atoms with E-state index in [1.807, 2.05) is 19.2 Å². The maximum Gasteiger partial charge on any atom is 0.0947 e. The van der Waals surface area contributed by atoms with Gasteiger partial charge in [-0.05, 0) is 31.2 Å². The summed E-state index contributed by atoms with van der Waals surface area (Å²) < 4.78 is 0. The third kappa shape index (κ3) is 2.43. The van der Waals surface area contributed by atoms with Crippen LogP contribution in [0.1, 0.15) is 6.92 Å². The number of nitrogens with zero attached hydrogens (tertiary/aromatic N) is 2. The Morgan fingerprint density at radius 1 is 1.37 bits per heavy atom. The van der Waals surface area contributed by atoms with Crippen LogP contribution in [0.3, 0.4) is 0 Å². The third-order valence-electron chi connectivity index (χ3n) is 3.34. The first-order valence-electron chi connectivity index (χ1n) is 6.28. The number of anilines is 2. The van der Waals surface area contributed by atoms with Gasteiger partial charge in [-0.2, -0.15) is 0 Å². The van der Waals surface area contributed by atoms with Crippen LogP contribution in [-0.2, 0) is 0 Å². The monoisotopic (exact) mass is 253 g/mol. The van der Waals surface area contributed by atoms with Gasteiger partial charge in [-0.1, -0.05) is 18.1 Å². The summed E-state index contributed by atoms with van der Waals surface area (Å²) in [6.07, 6.45) is 9.01. The quantitative estimate of drug-likeness (QED) is 0.836. The first kappa shape index (κ1) is 13.1. The lowest BCUT2D eigenvalue weighted by atomic mass is 10.2. The summed E-state index contributed by atoms with van der Waals surface area (Å²) in [7, 11) is 4.01. The van der Waals surface area contributed by atoms with Crippen molar-refractivity contribution in [2.45, 2.75) is 6.92 Å². The fourth-order valence-corrected chi connectivity index (χ4v) is 2.36. The van der Waals surface area contributed by atoms with E-state index in [0.717, 1.165) is 18.1 Å². The van der Waals surface area contributed by atoms with Gasteiger partial charge in [0.2, 0.25) is 0 Å². The first-order valence-corrected chi connectivity index (χ1v) is 6.28. The van der Waals surface area contributed by atoms with Gasteiger partial charge in [0, 0.05) is 19.8 Å². The normalized spacial score (nSPS) is 15.3. The van der Waals surface area contributed by atoms with E-state index in [9.17, 15) is 0 Å². The zero-order valence-electron chi connectivity index (χ0n) is 11.6. The molecule has 98 valence electrons. The van der Waals surface area contributed by atoms with Gasteiger partial charge in [-0.3, -0.25) is 0 Å². The molecule has 1 aliphatic heterocycles. The van der Waals surface area contributed by atoms with Gasteiger partial charge in [0.1, 0.15) is 0 Å². The highest BCUT2D eigenvalue weighted by molar-refractivity contribution is 5.73. The second-order valence-corrected chi connectivity index (χ2v) is 4.51. The van der Waals surface area contributed by atoms with Crippen molar-refractivity contribution in [2.24, 2.45) is 0 Å². The van der Waals surface area contributed by atoms with Crippen LogP contribution in [0.5, 0.6) is 0 Å². The maximum atomic E-state index is 5.29. The summed E-state index contributed by atoms with van der Waals surface area (Å²) in [6.45, 7) is 2.95. The van der Waals surface area contributed by atoms with Crippen molar-refractivity contribution in [1.82, 2.24) is 4.90 Å². The molecule has 0 atom stereocenters. The number of para-hydroxylation sites is 2. The molecule has 0 aliphatic carbocycles. The molecule has 3 nitrogen and oxygen atoms in total. The van der Waals surface area contributed by atoms with Gasteiger partial charge < -0.3 is 15.1 Å². The topological polar surface area (TPSA) is 18.5 Å². The SMILES string of the molecule is C#C/C=C\C1=C(C)N(c2ccccc2NC)CN1C. The summed E-state index contributed by atoms with van der Waals surface area (Å²) in [5, 5.41) is 3.23. The molecule has 1 aromatic rings. The molecule has 1 aliphatic rings. The molecule has 1 aromatic carbocycles. The van der Waals surface area contributed by atoms with Crippen molar-refractivity contribution in [3.63, 3.8) is 0 Å². The lowest BCUT2D eigenvalue weighted by Crippen LogP contribution is -2.25. The summed E-state index contributed by atoms with van der Waals surface area (Å²) in [4.78, 5) is 4.47. The molecule has 0 radical (unpaired) electrons. The van der Waals surface area contributed by atoms with E-state index >= 15 is 0 Å². The maximum absolute atomic E-state index is 5.29. The fourth-order valence-electron chi connectivity index (χ4n) is 2.36. The Morgan fingerprint density at radius 2 is 2.11 bits per heavy atom. The van der Waals surface area contributed by atoms with E-state index in [0.29, 0.717) is 0 Å². The lowest BCUT2D eigenvalue weighted by molar-refractivity contribution is 0.471. The molecule has 3 heteroatoms. The number of benzene rings is 1.